The molecule has 0 aliphatic carbocycles. The van der Waals surface area contributed by atoms with Crippen molar-refractivity contribution in [2.75, 3.05) is 0 Å². The van der Waals surface area contributed by atoms with Gasteiger partial charge in [0.1, 0.15) is 5.75 Å². The molecular weight excluding hydrogens is 182 g/mol. The fourth-order valence-electron chi connectivity index (χ4n) is 1.22. The molecular formula is C10H9NOS. The maximum absolute atomic E-state index is 9.24. The SMILES string of the molecule is Cc1ccsc1-c1cncc(O)c1. The van der Waals surface area contributed by atoms with Crippen LogP contribution in [0.4, 0.5) is 0 Å². The monoisotopic (exact) mass is 191 g/mol. The van der Waals surface area contributed by atoms with Crippen LogP contribution in [0, 0.1) is 6.92 Å². The smallest absolute Gasteiger partial charge is 0.134 e. The van der Waals surface area contributed by atoms with Crippen LogP contribution in [0.25, 0.3) is 10.4 Å². The lowest BCUT2D eigenvalue weighted by atomic mass is 10.2. The van der Waals surface area contributed by atoms with E-state index in [1.165, 1.54) is 16.6 Å². The van der Waals surface area contributed by atoms with Gasteiger partial charge in [0.25, 0.3) is 0 Å². The predicted molar refractivity (Wildman–Crippen MR) is 54.0 cm³/mol. The predicted octanol–water partition coefficient (Wildman–Crippen LogP) is 2.82. The summed E-state index contributed by atoms with van der Waals surface area (Å²) in [7, 11) is 0. The van der Waals surface area contributed by atoms with Gasteiger partial charge >= 0.3 is 0 Å². The van der Waals surface area contributed by atoms with Crippen molar-refractivity contribution in [3.63, 3.8) is 0 Å². The molecule has 0 aliphatic rings. The molecule has 2 nitrogen and oxygen atoms in total. The topological polar surface area (TPSA) is 33.1 Å². The molecule has 2 heterocycles. The summed E-state index contributed by atoms with van der Waals surface area (Å²) in [4.78, 5) is 5.11. The Balaban J connectivity index is 2.53. The van der Waals surface area contributed by atoms with E-state index in [1.807, 2.05) is 5.38 Å². The molecule has 66 valence electrons. The molecule has 0 spiro atoms. The van der Waals surface area contributed by atoms with Crippen molar-refractivity contribution in [3.8, 4) is 16.2 Å². The van der Waals surface area contributed by atoms with Gasteiger partial charge in [0.15, 0.2) is 0 Å². The largest absolute Gasteiger partial charge is 0.506 e. The average Bonchev–Trinajstić information content (AvgIpc) is 2.51. The molecule has 2 aromatic rings. The molecule has 0 atom stereocenters. The van der Waals surface area contributed by atoms with Crippen LogP contribution in [0.5, 0.6) is 5.75 Å². The third-order valence-corrected chi connectivity index (χ3v) is 2.91. The summed E-state index contributed by atoms with van der Waals surface area (Å²) < 4.78 is 0. The minimum Gasteiger partial charge on any atom is -0.506 e. The highest BCUT2D eigenvalue weighted by molar-refractivity contribution is 7.13. The van der Waals surface area contributed by atoms with Gasteiger partial charge in [-0.05, 0) is 30.0 Å². The molecule has 0 unspecified atom stereocenters. The Hall–Kier alpha value is -1.35. The molecule has 0 aliphatic heterocycles. The second-order valence-corrected chi connectivity index (χ2v) is 3.78. The Bertz CT molecular complexity index is 422. The van der Waals surface area contributed by atoms with E-state index in [0.29, 0.717) is 0 Å². The van der Waals surface area contributed by atoms with Gasteiger partial charge in [-0.2, -0.15) is 0 Å². The number of hydrogen-bond donors (Lipinski definition) is 1. The number of aromatic nitrogens is 1. The van der Waals surface area contributed by atoms with Gasteiger partial charge in [-0.25, -0.2) is 0 Å². The first-order valence-corrected chi connectivity index (χ1v) is 4.84. The number of aryl methyl sites for hydroxylation is 1. The number of pyridine rings is 1. The first kappa shape index (κ1) is 8.26. The molecule has 1 N–H and O–H groups in total. The second-order valence-electron chi connectivity index (χ2n) is 2.86. The summed E-state index contributed by atoms with van der Waals surface area (Å²) >= 11 is 1.66. The van der Waals surface area contributed by atoms with Crippen molar-refractivity contribution in [2.45, 2.75) is 6.92 Å². The van der Waals surface area contributed by atoms with Crippen molar-refractivity contribution in [3.05, 3.63) is 35.5 Å². The maximum Gasteiger partial charge on any atom is 0.134 e. The lowest BCUT2D eigenvalue weighted by Crippen LogP contribution is -1.77. The fourth-order valence-corrected chi connectivity index (χ4v) is 2.13. The van der Waals surface area contributed by atoms with Crippen LogP contribution in [-0.2, 0) is 0 Å². The zero-order chi connectivity index (χ0) is 9.26. The van der Waals surface area contributed by atoms with Crippen molar-refractivity contribution < 1.29 is 5.11 Å². The Morgan fingerprint density at radius 2 is 2.23 bits per heavy atom. The van der Waals surface area contributed by atoms with Crippen molar-refractivity contribution in [1.29, 1.82) is 0 Å². The van der Waals surface area contributed by atoms with Gasteiger partial charge in [0.05, 0.1) is 6.20 Å². The number of nitrogens with zero attached hydrogens (tertiary/aromatic N) is 1. The average molecular weight is 191 g/mol. The molecule has 0 radical (unpaired) electrons. The van der Waals surface area contributed by atoms with E-state index in [4.69, 9.17) is 0 Å². The molecule has 0 amide bonds. The van der Waals surface area contributed by atoms with E-state index in [2.05, 4.69) is 18.0 Å². The van der Waals surface area contributed by atoms with E-state index in [1.54, 1.807) is 23.6 Å². The molecule has 2 aromatic heterocycles. The minimum atomic E-state index is 0.213. The van der Waals surface area contributed by atoms with Gasteiger partial charge in [-0.15, -0.1) is 11.3 Å². The summed E-state index contributed by atoms with van der Waals surface area (Å²) in [5, 5.41) is 11.3. The summed E-state index contributed by atoms with van der Waals surface area (Å²) in [6.07, 6.45) is 3.20. The van der Waals surface area contributed by atoms with Gasteiger partial charge in [-0.1, -0.05) is 0 Å². The lowest BCUT2D eigenvalue weighted by Gasteiger charge is -1.99. The van der Waals surface area contributed by atoms with E-state index in [9.17, 15) is 5.11 Å². The zero-order valence-electron chi connectivity index (χ0n) is 7.19. The van der Waals surface area contributed by atoms with Gasteiger partial charge in [0, 0.05) is 16.6 Å². The van der Waals surface area contributed by atoms with E-state index in [-0.39, 0.29) is 5.75 Å². The standard InChI is InChI=1S/C10H9NOS/c1-7-2-3-13-10(7)8-4-9(12)6-11-5-8/h2-6,12H,1H3. The van der Waals surface area contributed by atoms with Crippen molar-refractivity contribution in [1.82, 2.24) is 4.98 Å². The number of hydrogen-bond acceptors (Lipinski definition) is 3. The first-order chi connectivity index (χ1) is 6.27. The van der Waals surface area contributed by atoms with Crippen LogP contribution in [0.15, 0.2) is 29.9 Å². The van der Waals surface area contributed by atoms with Crippen molar-refractivity contribution >= 4 is 11.3 Å². The second kappa shape index (κ2) is 3.18. The Morgan fingerprint density at radius 3 is 2.85 bits per heavy atom. The highest BCUT2D eigenvalue weighted by Gasteiger charge is 2.03. The number of thiophene rings is 1. The number of rotatable bonds is 1. The van der Waals surface area contributed by atoms with Crippen LogP contribution < -0.4 is 0 Å². The lowest BCUT2D eigenvalue weighted by molar-refractivity contribution is 0.473. The molecule has 0 aromatic carbocycles. The van der Waals surface area contributed by atoms with Crippen LogP contribution in [0.1, 0.15) is 5.56 Å². The van der Waals surface area contributed by atoms with Crippen LogP contribution in [0.2, 0.25) is 0 Å². The molecule has 0 fully saturated rings. The highest BCUT2D eigenvalue weighted by Crippen LogP contribution is 2.29. The Morgan fingerprint density at radius 1 is 1.38 bits per heavy atom. The van der Waals surface area contributed by atoms with E-state index >= 15 is 0 Å². The summed E-state index contributed by atoms with van der Waals surface area (Å²) in [5.41, 5.74) is 2.20. The highest BCUT2D eigenvalue weighted by atomic mass is 32.1. The van der Waals surface area contributed by atoms with Crippen LogP contribution in [-0.4, -0.2) is 10.1 Å². The quantitative estimate of drug-likeness (QED) is 0.751. The molecule has 2 rings (SSSR count). The van der Waals surface area contributed by atoms with Gasteiger partial charge in [0.2, 0.25) is 0 Å². The fraction of sp³-hybridized carbons (Fsp3) is 0.100. The minimum absolute atomic E-state index is 0.213. The maximum atomic E-state index is 9.24. The zero-order valence-corrected chi connectivity index (χ0v) is 8.01. The Labute approximate surface area is 80.5 Å². The third-order valence-electron chi connectivity index (χ3n) is 1.85. The Kier molecular flexibility index (Phi) is 2.02. The van der Waals surface area contributed by atoms with Crippen LogP contribution in [0.3, 0.4) is 0 Å². The van der Waals surface area contributed by atoms with E-state index in [0.717, 1.165) is 5.56 Å². The summed E-state index contributed by atoms with van der Waals surface area (Å²) in [6.45, 7) is 2.05. The van der Waals surface area contributed by atoms with Gasteiger partial charge in [-0.3, -0.25) is 4.98 Å². The first-order valence-electron chi connectivity index (χ1n) is 3.96. The van der Waals surface area contributed by atoms with Gasteiger partial charge < -0.3 is 5.11 Å². The normalized spacial score (nSPS) is 10.2. The molecule has 13 heavy (non-hydrogen) atoms. The third kappa shape index (κ3) is 1.55. The molecule has 0 bridgehead atoms. The molecule has 0 saturated heterocycles. The summed E-state index contributed by atoms with van der Waals surface area (Å²) in [6, 6.07) is 3.79. The summed E-state index contributed by atoms with van der Waals surface area (Å²) in [5.74, 6) is 0.213. The van der Waals surface area contributed by atoms with E-state index < -0.39 is 0 Å². The van der Waals surface area contributed by atoms with Crippen LogP contribution >= 0.6 is 11.3 Å². The molecule has 3 heteroatoms. The molecule has 0 saturated carbocycles. The number of aromatic hydroxyl groups is 1. The van der Waals surface area contributed by atoms with Crippen molar-refractivity contribution in [2.24, 2.45) is 0 Å².